The molecule has 0 spiro atoms. The number of halogens is 1. The average molecular weight is 361 g/mol. The van der Waals surface area contributed by atoms with Crippen LogP contribution in [0.5, 0.6) is 0 Å². The summed E-state index contributed by atoms with van der Waals surface area (Å²) in [6.45, 7) is 1.36. The lowest BCUT2D eigenvalue weighted by molar-refractivity contribution is -0.119. The minimum absolute atomic E-state index is 0.0485. The van der Waals surface area contributed by atoms with Gasteiger partial charge in [-0.05, 0) is 30.3 Å². The van der Waals surface area contributed by atoms with Crippen molar-refractivity contribution in [1.82, 2.24) is 10.9 Å². The van der Waals surface area contributed by atoms with E-state index in [2.05, 4.69) is 16.2 Å². The molecule has 0 saturated heterocycles. The third-order valence-corrected chi connectivity index (χ3v) is 4.00. The first-order valence-corrected chi connectivity index (χ1v) is 8.28. The van der Waals surface area contributed by atoms with Gasteiger partial charge >= 0.3 is 0 Å². The van der Waals surface area contributed by atoms with Crippen LogP contribution in [0.1, 0.15) is 17.3 Å². The zero-order valence-corrected chi connectivity index (χ0v) is 14.2. The molecule has 0 atom stereocenters. The second-order valence-corrected chi connectivity index (χ2v) is 6.00. The molecule has 0 unspecified atom stereocenters. The van der Waals surface area contributed by atoms with Gasteiger partial charge in [-0.1, -0.05) is 18.2 Å². The van der Waals surface area contributed by atoms with Crippen molar-refractivity contribution in [3.05, 3.63) is 59.9 Å². The van der Waals surface area contributed by atoms with Crippen LogP contribution < -0.4 is 16.2 Å². The summed E-state index contributed by atoms with van der Waals surface area (Å²) in [4.78, 5) is 35.1. The monoisotopic (exact) mass is 361 g/mol. The molecule has 2 aromatic carbocycles. The first-order valence-electron chi connectivity index (χ1n) is 7.30. The highest BCUT2D eigenvalue weighted by Crippen LogP contribution is 2.20. The van der Waals surface area contributed by atoms with Crippen molar-refractivity contribution < 1.29 is 18.8 Å². The lowest BCUT2D eigenvalue weighted by Gasteiger charge is -2.09. The number of amides is 3. The Morgan fingerprint density at radius 1 is 1.04 bits per heavy atom. The molecule has 0 heterocycles. The van der Waals surface area contributed by atoms with Crippen molar-refractivity contribution in [3.8, 4) is 0 Å². The van der Waals surface area contributed by atoms with Gasteiger partial charge in [-0.25, -0.2) is 4.39 Å². The van der Waals surface area contributed by atoms with Gasteiger partial charge in [-0.3, -0.25) is 25.2 Å². The summed E-state index contributed by atoms with van der Waals surface area (Å²) in [6.07, 6.45) is 0. The highest BCUT2D eigenvalue weighted by Gasteiger charge is 2.10. The predicted molar refractivity (Wildman–Crippen MR) is 93.5 cm³/mol. The van der Waals surface area contributed by atoms with E-state index in [-0.39, 0.29) is 17.2 Å². The van der Waals surface area contributed by atoms with Gasteiger partial charge in [-0.2, -0.15) is 0 Å². The van der Waals surface area contributed by atoms with Crippen molar-refractivity contribution in [2.75, 3.05) is 11.1 Å². The number of hydrazine groups is 1. The van der Waals surface area contributed by atoms with Crippen molar-refractivity contribution in [2.45, 2.75) is 11.8 Å². The molecular formula is C17H16FN3O3S. The maximum absolute atomic E-state index is 13.5. The van der Waals surface area contributed by atoms with Crippen LogP contribution in [-0.4, -0.2) is 23.5 Å². The van der Waals surface area contributed by atoms with E-state index in [1.807, 2.05) is 0 Å². The number of hydrogen-bond acceptors (Lipinski definition) is 4. The van der Waals surface area contributed by atoms with Crippen LogP contribution in [0.25, 0.3) is 0 Å². The van der Waals surface area contributed by atoms with E-state index >= 15 is 0 Å². The third-order valence-electron chi connectivity index (χ3n) is 2.96. The molecule has 6 nitrogen and oxygen atoms in total. The van der Waals surface area contributed by atoms with E-state index in [1.54, 1.807) is 36.4 Å². The molecule has 0 bridgehead atoms. The molecule has 0 radical (unpaired) electrons. The Kier molecular flexibility index (Phi) is 6.53. The molecule has 0 fully saturated rings. The highest BCUT2D eigenvalue weighted by molar-refractivity contribution is 8.00. The van der Waals surface area contributed by atoms with Crippen LogP contribution in [-0.2, 0) is 9.59 Å². The number of anilines is 1. The number of rotatable bonds is 5. The van der Waals surface area contributed by atoms with E-state index in [9.17, 15) is 18.8 Å². The van der Waals surface area contributed by atoms with Crippen molar-refractivity contribution in [1.29, 1.82) is 0 Å². The molecule has 8 heteroatoms. The first-order chi connectivity index (χ1) is 12.0. The van der Waals surface area contributed by atoms with E-state index in [0.717, 1.165) is 11.8 Å². The van der Waals surface area contributed by atoms with Crippen LogP contribution in [0.15, 0.2) is 53.4 Å². The fraction of sp³-hybridized carbons (Fsp3) is 0.118. The fourth-order valence-electron chi connectivity index (χ4n) is 1.88. The first kappa shape index (κ1) is 18.5. The summed E-state index contributed by atoms with van der Waals surface area (Å²) in [5, 5.41) is 2.56. The lowest BCUT2D eigenvalue weighted by Crippen LogP contribution is -2.42. The Balaban J connectivity index is 1.84. The van der Waals surface area contributed by atoms with E-state index < -0.39 is 17.6 Å². The molecule has 25 heavy (non-hydrogen) atoms. The maximum atomic E-state index is 13.5. The number of thioether (sulfide) groups is 1. The zero-order valence-electron chi connectivity index (χ0n) is 13.3. The Morgan fingerprint density at radius 3 is 2.52 bits per heavy atom. The molecule has 0 aliphatic heterocycles. The summed E-state index contributed by atoms with van der Waals surface area (Å²) < 4.78 is 13.5. The summed E-state index contributed by atoms with van der Waals surface area (Å²) in [5.41, 5.74) is 5.28. The predicted octanol–water partition coefficient (Wildman–Crippen LogP) is 2.34. The third kappa shape index (κ3) is 5.92. The summed E-state index contributed by atoms with van der Waals surface area (Å²) in [5.74, 6) is -1.71. The molecule has 0 aliphatic carbocycles. The molecule has 3 N–H and O–H groups in total. The zero-order chi connectivity index (χ0) is 18.2. The van der Waals surface area contributed by atoms with Gasteiger partial charge in [0, 0.05) is 23.1 Å². The van der Waals surface area contributed by atoms with Gasteiger partial charge in [0.05, 0.1) is 5.75 Å². The Labute approximate surface area is 148 Å². The molecule has 3 amide bonds. The van der Waals surface area contributed by atoms with E-state index in [1.165, 1.54) is 19.1 Å². The second kappa shape index (κ2) is 8.84. The number of nitrogens with one attached hydrogen (secondary N) is 3. The summed E-state index contributed by atoms with van der Waals surface area (Å²) in [6, 6.07) is 12.4. The number of benzene rings is 2. The minimum atomic E-state index is -0.531. The quantitative estimate of drug-likeness (QED) is 0.563. The summed E-state index contributed by atoms with van der Waals surface area (Å²) in [7, 11) is 0. The van der Waals surface area contributed by atoms with Gasteiger partial charge < -0.3 is 5.32 Å². The average Bonchev–Trinajstić information content (AvgIpc) is 2.58. The standard InChI is InChI=1S/C17H16FN3O3S/c1-11(22)19-13-6-4-5-12(9-13)17(24)21-20-16(23)10-25-15-8-3-2-7-14(15)18/h2-9H,10H2,1H3,(H,19,22)(H,20,23)(H,21,24). The maximum Gasteiger partial charge on any atom is 0.269 e. The number of carbonyl (C=O) groups excluding carboxylic acids is 3. The minimum Gasteiger partial charge on any atom is -0.326 e. The van der Waals surface area contributed by atoms with Crippen LogP contribution in [0, 0.1) is 5.82 Å². The number of hydrogen-bond donors (Lipinski definition) is 3. The Morgan fingerprint density at radius 2 is 1.80 bits per heavy atom. The van der Waals surface area contributed by atoms with Crippen LogP contribution in [0.3, 0.4) is 0 Å². The van der Waals surface area contributed by atoms with Crippen molar-refractivity contribution >= 4 is 35.2 Å². The smallest absolute Gasteiger partial charge is 0.269 e. The molecular weight excluding hydrogens is 345 g/mol. The van der Waals surface area contributed by atoms with Crippen LogP contribution >= 0.6 is 11.8 Å². The van der Waals surface area contributed by atoms with Gasteiger partial charge in [0.1, 0.15) is 5.82 Å². The van der Waals surface area contributed by atoms with Gasteiger partial charge in [0.2, 0.25) is 11.8 Å². The van der Waals surface area contributed by atoms with Gasteiger partial charge in [-0.15, -0.1) is 11.8 Å². The van der Waals surface area contributed by atoms with Crippen molar-refractivity contribution in [2.24, 2.45) is 0 Å². The van der Waals surface area contributed by atoms with E-state index in [0.29, 0.717) is 10.6 Å². The van der Waals surface area contributed by atoms with Crippen LogP contribution in [0.4, 0.5) is 10.1 Å². The molecule has 2 aromatic rings. The topological polar surface area (TPSA) is 87.3 Å². The molecule has 130 valence electrons. The molecule has 2 rings (SSSR count). The van der Waals surface area contributed by atoms with Gasteiger partial charge in [0.25, 0.3) is 5.91 Å². The Bertz CT molecular complexity index is 798. The fourth-order valence-corrected chi connectivity index (χ4v) is 2.62. The van der Waals surface area contributed by atoms with Gasteiger partial charge in [0.15, 0.2) is 0 Å². The highest BCUT2D eigenvalue weighted by atomic mass is 32.2. The lowest BCUT2D eigenvalue weighted by atomic mass is 10.2. The number of carbonyl (C=O) groups is 3. The van der Waals surface area contributed by atoms with E-state index in [4.69, 9.17) is 0 Å². The SMILES string of the molecule is CC(=O)Nc1cccc(C(=O)NNC(=O)CSc2ccccc2F)c1. The van der Waals surface area contributed by atoms with Crippen molar-refractivity contribution in [3.63, 3.8) is 0 Å². The molecule has 0 aliphatic rings. The molecule has 0 saturated carbocycles. The Hall–Kier alpha value is -2.87. The van der Waals surface area contributed by atoms with Crippen LogP contribution in [0.2, 0.25) is 0 Å². The second-order valence-electron chi connectivity index (χ2n) is 4.98. The summed E-state index contributed by atoms with van der Waals surface area (Å²) >= 11 is 1.03. The largest absolute Gasteiger partial charge is 0.326 e. The normalized spacial score (nSPS) is 10.0. The molecule has 0 aromatic heterocycles.